The van der Waals surface area contributed by atoms with Gasteiger partial charge in [0.2, 0.25) is 5.91 Å². The molecule has 0 spiro atoms. The van der Waals surface area contributed by atoms with E-state index in [1.807, 2.05) is 37.3 Å². The molecule has 2 fully saturated rings. The highest BCUT2D eigenvalue weighted by Crippen LogP contribution is 2.53. The average Bonchev–Trinajstić information content (AvgIpc) is 2.92. The Morgan fingerprint density at radius 2 is 1.87 bits per heavy atom. The molecule has 0 radical (unpaired) electrons. The van der Waals surface area contributed by atoms with Crippen LogP contribution >= 0.6 is 11.8 Å². The highest BCUT2D eigenvalue weighted by molar-refractivity contribution is 8.00. The van der Waals surface area contributed by atoms with Gasteiger partial charge >= 0.3 is 11.9 Å². The molecular weight excluding hydrogens is 418 g/mol. The number of thioether (sulfide) groups is 1. The molecule has 0 aromatic heterocycles. The van der Waals surface area contributed by atoms with E-state index in [1.165, 1.54) is 6.92 Å². The lowest BCUT2D eigenvalue weighted by Gasteiger charge is -2.53. The number of amides is 1. The molecule has 0 aliphatic carbocycles. The number of benzene rings is 1. The maximum atomic E-state index is 12.8. The van der Waals surface area contributed by atoms with Crippen LogP contribution in [-0.2, 0) is 25.5 Å². The van der Waals surface area contributed by atoms with Gasteiger partial charge in [-0.05, 0) is 38.5 Å². The molecule has 2 aliphatic rings. The molecule has 4 unspecified atom stereocenters. The zero-order valence-electron chi connectivity index (χ0n) is 18.8. The van der Waals surface area contributed by atoms with Crippen LogP contribution in [0.4, 0.5) is 0 Å². The lowest BCUT2D eigenvalue weighted by molar-refractivity contribution is -0.185. The molecule has 1 amide bonds. The van der Waals surface area contributed by atoms with Crippen LogP contribution in [0.5, 0.6) is 0 Å². The smallest absolute Gasteiger partial charge is 0.331 e. The van der Waals surface area contributed by atoms with Gasteiger partial charge in [-0.15, -0.1) is 0 Å². The van der Waals surface area contributed by atoms with Gasteiger partial charge in [0.1, 0.15) is 0 Å². The number of aliphatic carboxylic acids is 1. The van der Waals surface area contributed by atoms with Gasteiger partial charge in [0.15, 0.2) is 5.54 Å². The van der Waals surface area contributed by atoms with Gasteiger partial charge in [0.25, 0.3) is 0 Å². The predicted molar refractivity (Wildman–Crippen MR) is 120 cm³/mol. The lowest BCUT2D eigenvalue weighted by atomic mass is 9.75. The summed E-state index contributed by atoms with van der Waals surface area (Å²) in [5, 5.41) is 20.4. The average molecular weight is 452 g/mol. The fraction of sp³-hybridized carbons (Fsp3) is 0.609. The number of carbonyl (C=O) groups is 3. The van der Waals surface area contributed by atoms with Crippen molar-refractivity contribution in [2.45, 2.75) is 69.9 Å². The molecule has 8 heteroatoms. The molecule has 1 aromatic rings. The molecule has 4 atom stereocenters. The summed E-state index contributed by atoms with van der Waals surface area (Å²) < 4.78 is 4.40. The van der Waals surface area contributed by atoms with E-state index in [0.29, 0.717) is 19.4 Å². The highest BCUT2D eigenvalue weighted by atomic mass is 32.2. The fourth-order valence-corrected chi connectivity index (χ4v) is 5.96. The molecule has 3 rings (SSSR count). The number of carboxylic acid groups (broad SMARTS) is 1. The monoisotopic (exact) mass is 451 g/mol. The first kappa shape index (κ1) is 25.2. The number of nitrogens with zero attached hydrogens (tertiary/aromatic N) is 1. The van der Waals surface area contributed by atoms with E-state index in [1.54, 1.807) is 37.4 Å². The minimum atomic E-state index is -1.24. The van der Waals surface area contributed by atoms with E-state index in [4.69, 9.17) is 0 Å². The summed E-state index contributed by atoms with van der Waals surface area (Å²) in [5.41, 5.74) is -1.47. The van der Waals surface area contributed by atoms with Crippen molar-refractivity contribution in [3.05, 3.63) is 35.9 Å². The first-order chi connectivity index (χ1) is 14.5. The summed E-state index contributed by atoms with van der Waals surface area (Å²) in [5.74, 6) is -1.14. The van der Waals surface area contributed by atoms with Gasteiger partial charge in [-0.1, -0.05) is 37.3 Å². The predicted octanol–water partition coefficient (Wildman–Crippen LogP) is 2.75. The number of carbonyl (C=O) groups excluding carboxylic acids is 2. The van der Waals surface area contributed by atoms with E-state index in [2.05, 4.69) is 4.74 Å². The Hall–Kier alpha value is -2.06. The second-order valence-electron chi connectivity index (χ2n) is 8.40. The summed E-state index contributed by atoms with van der Waals surface area (Å²) in [4.78, 5) is 36.7. The summed E-state index contributed by atoms with van der Waals surface area (Å²) in [7, 11) is 0. The Morgan fingerprint density at radius 1 is 1.26 bits per heavy atom. The SMILES string of the molecule is CCOC(C)=O.CCSC1CC2C(C(C)(C)O)C(=O)N2C1(Cc1ccccc1)C(=O)O. The number of ether oxygens (including phenoxy) is 1. The molecule has 2 saturated heterocycles. The number of rotatable bonds is 7. The Morgan fingerprint density at radius 3 is 2.29 bits per heavy atom. The molecule has 31 heavy (non-hydrogen) atoms. The lowest BCUT2D eigenvalue weighted by Crippen LogP contribution is -2.72. The van der Waals surface area contributed by atoms with E-state index >= 15 is 0 Å². The molecular formula is C23H33NO6S. The van der Waals surface area contributed by atoms with Gasteiger partial charge in [-0.3, -0.25) is 9.59 Å². The van der Waals surface area contributed by atoms with Crippen molar-refractivity contribution in [1.82, 2.24) is 4.90 Å². The maximum Gasteiger partial charge on any atom is 0.331 e. The van der Waals surface area contributed by atoms with Crippen molar-refractivity contribution in [1.29, 1.82) is 0 Å². The second kappa shape index (κ2) is 10.0. The van der Waals surface area contributed by atoms with Crippen LogP contribution in [0.2, 0.25) is 0 Å². The standard InChI is InChI=1S/C19H25NO4S.C4H8O2/c1-4-25-14-10-13-15(18(2,3)24)16(21)20(13)19(14,17(22)23)11-12-8-6-5-7-9-12;1-3-6-4(2)5/h5-9,13-15,24H,4,10-11H2,1-3H3,(H,22,23);3H2,1-2H3. The summed E-state index contributed by atoms with van der Waals surface area (Å²) in [6, 6.07) is 9.27. The van der Waals surface area contributed by atoms with Crippen molar-refractivity contribution in [3.8, 4) is 0 Å². The van der Waals surface area contributed by atoms with Crippen LogP contribution in [-0.4, -0.2) is 67.8 Å². The third kappa shape index (κ3) is 5.06. The summed E-state index contributed by atoms with van der Waals surface area (Å²) in [6.45, 7) is 8.92. The number of esters is 1. The normalized spacial score (nSPS) is 27.0. The molecule has 172 valence electrons. The molecule has 7 nitrogen and oxygen atoms in total. The van der Waals surface area contributed by atoms with Crippen molar-refractivity contribution in [3.63, 3.8) is 0 Å². The molecule has 2 aliphatic heterocycles. The number of hydrogen-bond donors (Lipinski definition) is 2. The van der Waals surface area contributed by atoms with Gasteiger partial charge < -0.3 is 19.8 Å². The van der Waals surface area contributed by atoms with Crippen molar-refractivity contribution >= 4 is 29.6 Å². The highest BCUT2D eigenvalue weighted by Gasteiger charge is 2.70. The van der Waals surface area contributed by atoms with Crippen LogP contribution < -0.4 is 0 Å². The summed E-state index contributed by atoms with van der Waals surface area (Å²) >= 11 is 1.60. The van der Waals surface area contributed by atoms with Crippen molar-refractivity contribution in [2.75, 3.05) is 12.4 Å². The summed E-state index contributed by atoms with van der Waals surface area (Å²) in [6.07, 6.45) is 0.902. The van der Waals surface area contributed by atoms with E-state index in [-0.39, 0.29) is 23.2 Å². The quantitative estimate of drug-likeness (QED) is 0.485. The third-order valence-electron chi connectivity index (χ3n) is 5.80. The van der Waals surface area contributed by atoms with Crippen LogP contribution in [0.1, 0.15) is 46.6 Å². The van der Waals surface area contributed by atoms with Gasteiger partial charge in [0.05, 0.1) is 18.1 Å². The number of β-lactam (4-membered cyclic amide) rings is 1. The molecule has 0 saturated carbocycles. The van der Waals surface area contributed by atoms with Crippen molar-refractivity contribution < 1.29 is 29.3 Å². The fourth-order valence-electron chi connectivity index (χ4n) is 4.65. The largest absolute Gasteiger partial charge is 0.479 e. The van der Waals surface area contributed by atoms with Crippen LogP contribution in [0.15, 0.2) is 30.3 Å². The van der Waals surface area contributed by atoms with Crippen LogP contribution in [0.25, 0.3) is 0 Å². The zero-order valence-corrected chi connectivity index (χ0v) is 19.6. The van der Waals surface area contributed by atoms with Gasteiger partial charge in [0, 0.05) is 24.6 Å². The number of fused-ring (bicyclic) bond motifs is 1. The maximum absolute atomic E-state index is 12.8. The number of carboxylic acids is 1. The van der Waals surface area contributed by atoms with Crippen molar-refractivity contribution in [2.24, 2.45) is 5.92 Å². The molecule has 0 bridgehead atoms. The second-order valence-corrected chi connectivity index (χ2v) is 9.88. The first-order valence-electron chi connectivity index (χ1n) is 10.6. The van der Waals surface area contributed by atoms with E-state index < -0.39 is 23.0 Å². The van der Waals surface area contributed by atoms with Crippen LogP contribution in [0.3, 0.4) is 0 Å². The third-order valence-corrected chi connectivity index (χ3v) is 7.12. The zero-order chi connectivity index (χ0) is 23.4. The molecule has 2 N–H and O–H groups in total. The topological polar surface area (TPSA) is 104 Å². The van der Waals surface area contributed by atoms with Gasteiger partial charge in [-0.25, -0.2) is 4.79 Å². The number of aliphatic hydroxyl groups is 1. The molecule has 2 heterocycles. The number of hydrogen-bond acceptors (Lipinski definition) is 6. The minimum Gasteiger partial charge on any atom is -0.479 e. The Kier molecular flexibility index (Phi) is 8.16. The molecule has 1 aromatic carbocycles. The first-order valence-corrected chi connectivity index (χ1v) is 11.6. The Bertz CT molecular complexity index is 793. The Balaban J connectivity index is 0.000000501. The van der Waals surface area contributed by atoms with Crippen LogP contribution in [0, 0.1) is 5.92 Å². The Labute approximate surface area is 188 Å². The minimum absolute atomic E-state index is 0.184. The van der Waals surface area contributed by atoms with Gasteiger partial charge in [-0.2, -0.15) is 11.8 Å². The van der Waals surface area contributed by atoms with E-state index in [0.717, 1.165) is 11.3 Å². The van der Waals surface area contributed by atoms with E-state index in [9.17, 15) is 24.6 Å².